The maximum atomic E-state index is 7.30. The molecule has 6 rings (SSSR count). The number of benzene rings is 4. The third kappa shape index (κ3) is 4.44. The van der Waals surface area contributed by atoms with Gasteiger partial charge in [0.05, 0.1) is 0 Å². The van der Waals surface area contributed by atoms with Gasteiger partial charge in [-0.25, -0.2) is 4.67 Å². The van der Waals surface area contributed by atoms with Crippen LogP contribution in [0.25, 0.3) is 0 Å². The predicted octanol–water partition coefficient (Wildman–Crippen LogP) is 7.23. The molecule has 39 heavy (non-hydrogen) atoms. The lowest BCUT2D eigenvalue weighted by molar-refractivity contribution is -0.175. The van der Waals surface area contributed by atoms with Gasteiger partial charge in [0.2, 0.25) is 0 Å². The van der Waals surface area contributed by atoms with E-state index in [2.05, 4.69) is 48.5 Å². The molecule has 0 amide bonds. The lowest BCUT2D eigenvalue weighted by Crippen LogP contribution is -2.53. The van der Waals surface area contributed by atoms with Gasteiger partial charge in [0, 0.05) is 0 Å². The number of ether oxygens (including phenoxy) is 2. The minimum Gasteiger partial charge on any atom is -0.341 e. The van der Waals surface area contributed by atoms with E-state index in [1.165, 1.54) is 0 Å². The molecule has 2 heterocycles. The van der Waals surface area contributed by atoms with Crippen molar-refractivity contribution in [1.29, 1.82) is 0 Å². The highest BCUT2D eigenvalue weighted by atomic mass is 31.2. The SMILES string of the molecule is CN(C)P1OC(c2ccccc2)(c2ccccc2)[C@@H]2OC(C)(C)O[C@@H]2C(c2ccccc2)(c2ccccc2)O1. The minimum atomic E-state index is -1.61. The zero-order chi connectivity index (χ0) is 27.1. The van der Waals surface area contributed by atoms with Crippen molar-refractivity contribution in [2.24, 2.45) is 0 Å². The molecule has 0 saturated carbocycles. The highest BCUT2D eigenvalue weighted by molar-refractivity contribution is 7.44. The van der Waals surface area contributed by atoms with Gasteiger partial charge >= 0.3 is 0 Å². The van der Waals surface area contributed by atoms with E-state index < -0.39 is 37.7 Å². The summed E-state index contributed by atoms with van der Waals surface area (Å²) in [5.41, 5.74) is 1.93. The Kier molecular flexibility index (Phi) is 6.93. The average molecular weight is 540 g/mol. The van der Waals surface area contributed by atoms with Gasteiger partial charge in [-0.05, 0) is 50.2 Å². The van der Waals surface area contributed by atoms with Crippen molar-refractivity contribution in [1.82, 2.24) is 4.67 Å². The summed E-state index contributed by atoms with van der Waals surface area (Å²) in [6, 6.07) is 41.4. The zero-order valence-corrected chi connectivity index (χ0v) is 23.6. The second-order valence-corrected chi connectivity index (χ2v) is 12.3. The highest BCUT2D eigenvalue weighted by Crippen LogP contribution is 2.65. The zero-order valence-electron chi connectivity index (χ0n) is 22.7. The Balaban J connectivity index is 1.71. The molecule has 0 aromatic heterocycles. The topological polar surface area (TPSA) is 40.2 Å². The van der Waals surface area contributed by atoms with Crippen LogP contribution in [0.15, 0.2) is 121 Å². The maximum absolute atomic E-state index is 7.30. The number of hydrogen-bond acceptors (Lipinski definition) is 5. The first kappa shape index (κ1) is 26.3. The number of fused-ring (bicyclic) bond motifs is 1. The molecule has 2 fully saturated rings. The fraction of sp³-hybridized carbons (Fsp3) is 0.273. The van der Waals surface area contributed by atoms with E-state index >= 15 is 0 Å². The Morgan fingerprint density at radius 2 is 0.795 bits per heavy atom. The molecule has 2 aliphatic heterocycles. The summed E-state index contributed by atoms with van der Waals surface area (Å²) in [6.45, 7) is 3.94. The van der Waals surface area contributed by atoms with Crippen molar-refractivity contribution in [3.8, 4) is 0 Å². The number of nitrogens with zero attached hydrogens (tertiary/aromatic N) is 1. The molecule has 0 bridgehead atoms. The van der Waals surface area contributed by atoms with Crippen molar-refractivity contribution in [3.63, 3.8) is 0 Å². The van der Waals surface area contributed by atoms with E-state index in [9.17, 15) is 0 Å². The standard InChI is InChI=1S/C33H34NO4P/c1-31(2)35-29-30(36-31)33(27-21-13-7-14-22-27,28-23-15-8-16-24-28)38-39(34(3)4)37-32(29,25-17-9-5-10-18-25)26-19-11-6-12-20-26/h5-24,29-30H,1-4H3/t29-,30+,39?. The molecule has 200 valence electrons. The molecule has 0 aliphatic carbocycles. The summed E-state index contributed by atoms with van der Waals surface area (Å²) in [5.74, 6) is -0.885. The molecule has 3 atom stereocenters. The van der Waals surface area contributed by atoms with E-state index in [-0.39, 0.29) is 0 Å². The van der Waals surface area contributed by atoms with Crippen molar-refractivity contribution in [2.75, 3.05) is 14.1 Å². The Morgan fingerprint density at radius 1 is 0.513 bits per heavy atom. The van der Waals surface area contributed by atoms with Gasteiger partial charge in [0.15, 0.2) is 17.0 Å². The summed E-state index contributed by atoms with van der Waals surface area (Å²) < 4.78 is 30.5. The second-order valence-electron chi connectivity index (χ2n) is 10.7. The van der Waals surface area contributed by atoms with Gasteiger partial charge < -0.3 is 18.5 Å². The fourth-order valence-electron chi connectivity index (χ4n) is 5.83. The lowest BCUT2D eigenvalue weighted by Gasteiger charge is -2.41. The first-order valence-electron chi connectivity index (χ1n) is 13.3. The van der Waals surface area contributed by atoms with Crippen LogP contribution >= 0.6 is 8.53 Å². The van der Waals surface area contributed by atoms with Crippen LogP contribution in [0, 0.1) is 0 Å². The molecule has 2 saturated heterocycles. The second kappa shape index (κ2) is 10.3. The first-order chi connectivity index (χ1) is 18.9. The van der Waals surface area contributed by atoms with Crippen molar-refractivity contribution in [3.05, 3.63) is 144 Å². The molecule has 5 nitrogen and oxygen atoms in total. The van der Waals surface area contributed by atoms with Gasteiger partial charge in [0.25, 0.3) is 8.53 Å². The molecule has 0 N–H and O–H groups in total. The van der Waals surface area contributed by atoms with Crippen molar-refractivity contribution < 1.29 is 18.5 Å². The van der Waals surface area contributed by atoms with Crippen LogP contribution in [0.2, 0.25) is 0 Å². The smallest absolute Gasteiger partial charge is 0.260 e. The molecule has 1 unspecified atom stereocenters. The first-order valence-corrected chi connectivity index (χ1v) is 14.4. The quantitative estimate of drug-likeness (QED) is 0.250. The van der Waals surface area contributed by atoms with Crippen LogP contribution in [0.5, 0.6) is 0 Å². The molecular formula is C33H34NO4P. The van der Waals surface area contributed by atoms with Crippen LogP contribution in [0.4, 0.5) is 0 Å². The van der Waals surface area contributed by atoms with Crippen LogP contribution in [-0.2, 0) is 29.7 Å². The highest BCUT2D eigenvalue weighted by Gasteiger charge is 2.67. The lowest BCUT2D eigenvalue weighted by atomic mass is 9.72. The molecule has 4 aromatic rings. The van der Waals surface area contributed by atoms with E-state index in [0.29, 0.717) is 0 Å². The van der Waals surface area contributed by atoms with Gasteiger partial charge in [-0.3, -0.25) is 0 Å². The number of rotatable bonds is 5. The number of hydrogen-bond donors (Lipinski definition) is 0. The van der Waals surface area contributed by atoms with E-state index in [4.69, 9.17) is 18.5 Å². The summed E-state index contributed by atoms with van der Waals surface area (Å²) >= 11 is 0. The molecule has 4 aromatic carbocycles. The van der Waals surface area contributed by atoms with Crippen LogP contribution < -0.4 is 0 Å². The Bertz CT molecular complexity index is 1200. The normalized spacial score (nSPS) is 25.1. The summed E-state index contributed by atoms with van der Waals surface area (Å²) in [4.78, 5) is 0. The molecular weight excluding hydrogens is 505 g/mol. The molecule has 0 spiro atoms. The van der Waals surface area contributed by atoms with E-state index in [1.807, 2.05) is 105 Å². The summed E-state index contributed by atoms with van der Waals surface area (Å²) in [5, 5.41) is 0. The van der Waals surface area contributed by atoms with Crippen LogP contribution in [0.3, 0.4) is 0 Å². The average Bonchev–Trinajstić information content (AvgIpc) is 3.24. The minimum absolute atomic E-state index is 0.551. The Morgan fingerprint density at radius 3 is 1.05 bits per heavy atom. The van der Waals surface area contributed by atoms with E-state index in [1.54, 1.807) is 0 Å². The van der Waals surface area contributed by atoms with Crippen molar-refractivity contribution >= 4 is 8.53 Å². The molecule has 6 heteroatoms. The largest absolute Gasteiger partial charge is 0.341 e. The summed E-state index contributed by atoms with van der Waals surface area (Å²) in [6.07, 6.45) is -1.10. The molecule has 0 radical (unpaired) electrons. The maximum Gasteiger partial charge on any atom is 0.260 e. The van der Waals surface area contributed by atoms with Crippen molar-refractivity contribution in [2.45, 2.75) is 43.0 Å². The van der Waals surface area contributed by atoms with Gasteiger partial charge in [0.1, 0.15) is 12.2 Å². The van der Waals surface area contributed by atoms with Gasteiger partial charge in [-0.15, -0.1) is 0 Å². The molecule has 2 aliphatic rings. The van der Waals surface area contributed by atoms with E-state index in [0.717, 1.165) is 22.3 Å². The Hall–Kier alpha value is -2.89. The van der Waals surface area contributed by atoms with Gasteiger partial charge in [-0.1, -0.05) is 121 Å². The predicted molar refractivity (Wildman–Crippen MR) is 154 cm³/mol. The van der Waals surface area contributed by atoms with Gasteiger partial charge in [-0.2, -0.15) is 0 Å². The third-order valence-corrected chi connectivity index (χ3v) is 9.02. The third-order valence-electron chi connectivity index (χ3n) is 7.48. The summed E-state index contributed by atoms with van der Waals surface area (Å²) in [7, 11) is 2.39. The monoisotopic (exact) mass is 539 g/mol. The van der Waals surface area contributed by atoms with Crippen LogP contribution in [0.1, 0.15) is 36.1 Å². The fourth-order valence-corrected chi connectivity index (χ4v) is 7.32. The Labute approximate surface area is 232 Å². The van der Waals surface area contributed by atoms with Crippen LogP contribution in [-0.4, -0.2) is 36.8 Å².